The lowest BCUT2D eigenvalue weighted by molar-refractivity contribution is 0.0942. The smallest absolute Gasteiger partial charge is 0.268 e. The molecule has 0 aliphatic heterocycles. The Kier molecular flexibility index (Phi) is 3.61. The number of hydrogen-bond donors (Lipinski definition) is 2. The fraction of sp³-hybridized carbons (Fsp3) is 0.364. The third-order valence-corrected chi connectivity index (χ3v) is 2.59. The molecule has 18 heavy (non-hydrogen) atoms. The van der Waals surface area contributed by atoms with Crippen molar-refractivity contribution in [2.45, 2.75) is 20.0 Å². The zero-order chi connectivity index (χ0) is 13.0. The van der Waals surface area contributed by atoms with Crippen molar-refractivity contribution in [1.82, 2.24) is 24.9 Å². The normalized spacial score (nSPS) is 10.5. The first-order valence-electron chi connectivity index (χ1n) is 5.78. The average molecular weight is 248 g/mol. The zero-order valence-electron chi connectivity index (χ0n) is 10.2. The molecule has 3 N–H and O–H groups in total. The first kappa shape index (κ1) is 12.2. The Morgan fingerprint density at radius 3 is 3.06 bits per heavy atom. The second-order valence-electron chi connectivity index (χ2n) is 3.87. The SMILES string of the molecule is CCn1cc(N)cc1C(=O)NCCn1ccnn1. The highest BCUT2D eigenvalue weighted by Crippen LogP contribution is 2.10. The van der Waals surface area contributed by atoms with Crippen LogP contribution in [0.5, 0.6) is 0 Å². The summed E-state index contributed by atoms with van der Waals surface area (Å²) < 4.78 is 3.48. The molecule has 0 aliphatic rings. The second kappa shape index (κ2) is 5.35. The first-order chi connectivity index (χ1) is 8.70. The molecule has 0 radical (unpaired) electrons. The van der Waals surface area contributed by atoms with Gasteiger partial charge in [0.25, 0.3) is 5.91 Å². The van der Waals surface area contributed by atoms with Gasteiger partial charge in [-0.05, 0) is 13.0 Å². The number of rotatable bonds is 5. The summed E-state index contributed by atoms with van der Waals surface area (Å²) in [5, 5.41) is 10.3. The second-order valence-corrected chi connectivity index (χ2v) is 3.87. The molecule has 2 aromatic heterocycles. The van der Waals surface area contributed by atoms with Gasteiger partial charge in [-0.25, -0.2) is 0 Å². The van der Waals surface area contributed by atoms with Crippen LogP contribution in [0.15, 0.2) is 24.7 Å². The van der Waals surface area contributed by atoms with Crippen molar-refractivity contribution in [2.24, 2.45) is 0 Å². The largest absolute Gasteiger partial charge is 0.397 e. The monoisotopic (exact) mass is 248 g/mol. The van der Waals surface area contributed by atoms with E-state index in [0.717, 1.165) is 0 Å². The molecule has 1 amide bonds. The highest BCUT2D eigenvalue weighted by atomic mass is 16.1. The molecular weight excluding hydrogens is 232 g/mol. The van der Waals surface area contributed by atoms with E-state index in [2.05, 4.69) is 15.6 Å². The van der Waals surface area contributed by atoms with Crippen molar-refractivity contribution in [1.29, 1.82) is 0 Å². The minimum atomic E-state index is -0.131. The summed E-state index contributed by atoms with van der Waals surface area (Å²) in [5.41, 5.74) is 6.85. The van der Waals surface area contributed by atoms with Gasteiger partial charge in [0.05, 0.1) is 18.4 Å². The van der Waals surface area contributed by atoms with E-state index in [1.807, 2.05) is 11.5 Å². The van der Waals surface area contributed by atoms with E-state index in [9.17, 15) is 4.79 Å². The van der Waals surface area contributed by atoms with Crippen LogP contribution in [-0.4, -0.2) is 32.0 Å². The fourth-order valence-electron chi connectivity index (χ4n) is 1.71. The first-order valence-corrected chi connectivity index (χ1v) is 5.78. The molecule has 0 fully saturated rings. The summed E-state index contributed by atoms with van der Waals surface area (Å²) in [6.07, 6.45) is 5.11. The number of carbonyl (C=O) groups is 1. The predicted molar refractivity (Wildman–Crippen MR) is 66.9 cm³/mol. The van der Waals surface area contributed by atoms with Crippen molar-refractivity contribution < 1.29 is 4.79 Å². The van der Waals surface area contributed by atoms with Crippen LogP contribution in [0, 0.1) is 0 Å². The van der Waals surface area contributed by atoms with Crippen molar-refractivity contribution >= 4 is 11.6 Å². The molecule has 7 nitrogen and oxygen atoms in total. The third kappa shape index (κ3) is 2.68. The molecule has 2 rings (SSSR count). The van der Waals surface area contributed by atoms with Crippen LogP contribution in [0.4, 0.5) is 5.69 Å². The van der Waals surface area contributed by atoms with Gasteiger partial charge in [0.1, 0.15) is 5.69 Å². The molecular formula is C11H16N6O. The van der Waals surface area contributed by atoms with E-state index in [4.69, 9.17) is 5.73 Å². The van der Waals surface area contributed by atoms with Gasteiger partial charge >= 0.3 is 0 Å². The molecule has 0 aliphatic carbocycles. The number of nitrogens with one attached hydrogen (secondary N) is 1. The van der Waals surface area contributed by atoms with E-state index >= 15 is 0 Å². The maximum atomic E-state index is 11.9. The van der Waals surface area contributed by atoms with Crippen LogP contribution in [0.25, 0.3) is 0 Å². The van der Waals surface area contributed by atoms with Crippen molar-refractivity contribution in [3.8, 4) is 0 Å². The standard InChI is InChI=1S/C11H16N6O/c1-2-16-8-9(12)7-10(16)11(18)13-3-5-17-6-4-14-15-17/h4,6-8H,2-3,5,12H2,1H3,(H,13,18). The van der Waals surface area contributed by atoms with Gasteiger partial charge in [-0.2, -0.15) is 0 Å². The summed E-state index contributed by atoms with van der Waals surface area (Å²) in [7, 11) is 0. The zero-order valence-corrected chi connectivity index (χ0v) is 10.2. The van der Waals surface area contributed by atoms with Crippen molar-refractivity contribution in [3.63, 3.8) is 0 Å². The Morgan fingerprint density at radius 1 is 1.56 bits per heavy atom. The lowest BCUT2D eigenvalue weighted by Crippen LogP contribution is -2.29. The number of aromatic nitrogens is 4. The minimum absolute atomic E-state index is 0.131. The number of nitrogens with two attached hydrogens (primary N) is 1. The van der Waals surface area contributed by atoms with Gasteiger partial charge < -0.3 is 15.6 Å². The summed E-state index contributed by atoms with van der Waals surface area (Å²) >= 11 is 0. The van der Waals surface area contributed by atoms with E-state index in [0.29, 0.717) is 31.0 Å². The molecule has 0 aromatic carbocycles. The third-order valence-electron chi connectivity index (χ3n) is 2.59. The molecule has 7 heteroatoms. The Hall–Kier alpha value is -2.31. The Morgan fingerprint density at radius 2 is 2.39 bits per heavy atom. The van der Waals surface area contributed by atoms with Crippen LogP contribution in [0.1, 0.15) is 17.4 Å². The molecule has 2 heterocycles. The quantitative estimate of drug-likeness (QED) is 0.785. The number of hydrogen-bond acceptors (Lipinski definition) is 4. The lowest BCUT2D eigenvalue weighted by atomic mass is 10.3. The molecule has 0 spiro atoms. The fourth-order valence-corrected chi connectivity index (χ4v) is 1.71. The highest BCUT2D eigenvalue weighted by molar-refractivity contribution is 5.93. The van der Waals surface area contributed by atoms with Gasteiger partial charge in [-0.1, -0.05) is 5.21 Å². The number of carbonyl (C=O) groups excluding carboxylic acids is 1. The van der Waals surface area contributed by atoms with Crippen molar-refractivity contribution in [2.75, 3.05) is 12.3 Å². The van der Waals surface area contributed by atoms with E-state index < -0.39 is 0 Å². The minimum Gasteiger partial charge on any atom is -0.397 e. The highest BCUT2D eigenvalue weighted by Gasteiger charge is 2.11. The summed E-state index contributed by atoms with van der Waals surface area (Å²) in [6, 6.07) is 1.67. The lowest BCUT2D eigenvalue weighted by Gasteiger charge is -2.07. The van der Waals surface area contributed by atoms with Gasteiger partial charge in [-0.3, -0.25) is 9.48 Å². The number of anilines is 1. The van der Waals surface area contributed by atoms with Crippen LogP contribution in [-0.2, 0) is 13.1 Å². The summed E-state index contributed by atoms with van der Waals surface area (Å²) in [6.45, 7) is 3.76. The molecule has 96 valence electrons. The van der Waals surface area contributed by atoms with Crippen molar-refractivity contribution in [3.05, 3.63) is 30.4 Å². The topological polar surface area (TPSA) is 90.8 Å². The van der Waals surface area contributed by atoms with E-state index in [1.165, 1.54) is 0 Å². The Labute approximate surface area is 105 Å². The molecule has 2 aromatic rings. The van der Waals surface area contributed by atoms with Crippen LogP contribution >= 0.6 is 0 Å². The maximum absolute atomic E-state index is 11.9. The van der Waals surface area contributed by atoms with Crippen LogP contribution < -0.4 is 11.1 Å². The molecule has 0 bridgehead atoms. The van der Waals surface area contributed by atoms with Crippen LogP contribution in [0.2, 0.25) is 0 Å². The number of nitrogen functional groups attached to an aromatic ring is 1. The van der Waals surface area contributed by atoms with E-state index in [1.54, 1.807) is 29.3 Å². The van der Waals surface area contributed by atoms with Gasteiger partial charge in [-0.15, -0.1) is 5.10 Å². The van der Waals surface area contributed by atoms with Gasteiger partial charge in [0.15, 0.2) is 0 Å². The van der Waals surface area contributed by atoms with Crippen LogP contribution in [0.3, 0.4) is 0 Å². The van der Waals surface area contributed by atoms with Gasteiger partial charge in [0.2, 0.25) is 0 Å². The molecule has 0 saturated heterocycles. The maximum Gasteiger partial charge on any atom is 0.268 e. The average Bonchev–Trinajstić information content (AvgIpc) is 2.98. The molecule has 0 unspecified atom stereocenters. The predicted octanol–water partition coefficient (Wildman–Crippen LogP) is 0.112. The summed E-state index contributed by atoms with van der Waals surface area (Å²) in [5.74, 6) is -0.131. The number of nitrogens with zero attached hydrogens (tertiary/aromatic N) is 4. The molecule has 0 saturated carbocycles. The van der Waals surface area contributed by atoms with E-state index in [-0.39, 0.29) is 5.91 Å². The van der Waals surface area contributed by atoms with Gasteiger partial charge in [0, 0.05) is 25.5 Å². The molecule has 0 atom stereocenters. The Balaban J connectivity index is 1.91. The summed E-state index contributed by atoms with van der Waals surface area (Å²) in [4.78, 5) is 11.9. The Bertz CT molecular complexity index is 516. The number of amides is 1. The number of aryl methyl sites for hydroxylation is 1.